The number of primary amides is 1. The molecule has 0 radical (unpaired) electrons. The molecule has 0 heterocycles. The average molecular weight is 196 g/mol. The minimum absolute atomic E-state index is 0.300. The molecule has 4 nitrogen and oxygen atoms in total. The Kier molecular flexibility index (Phi) is 2.92. The summed E-state index contributed by atoms with van der Waals surface area (Å²) in [6.07, 6.45) is 0. The molecule has 0 aliphatic carbocycles. The second-order valence-corrected chi connectivity index (χ2v) is 2.61. The smallest absolute Gasteiger partial charge is 0.260 e. The standard InChI is InChI=1S/C8H8N2O2S/c9-7(11)5-2-1-3-6(4-5)8(12)10-13/h1-4,13H,(H2,9,11)(H,10,12). The maximum atomic E-state index is 11.0. The van der Waals surface area contributed by atoms with Crippen molar-refractivity contribution in [3.05, 3.63) is 35.4 Å². The minimum Gasteiger partial charge on any atom is -0.366 e. The van der Waals surface area contributed by atoms with E-state index >= 15 is 0 Å². The molecular formula is C8H8N2O2S. The molecule has 0 aliphatic heterocycles. The highest BCUT2D eigenvalue weighted by atomic mass is 32.1. The normalized spacial score (nSPS) is 9.31. The van der Waals surface area contributed by atoms with E-state index in [9.17, 15) is 9.59 Å². The molecule has 1 rings (SSSR count). The summed E-state index contributed by atoms with van der Waals surface area (Å²) in [5.74, 6) is -0.930. The lowest BCUT2D eigenvalue weighted by Gasteiger charge is -1.99. The van der Waals surface area contributed by atoms with Gasteiger partial charge >= 0.3 is 0 Å². The molecule has 13 heavy (non-hydrogen) atoms. The summed E-state index contributed by atoms with van der Waals surface area (Å²) in [6, 6.07) is 6.10. The van der Waals surface area contributed by atoms with Crippen LogP contribution in [0.1, 0.15) is 20.7 Å². The van der Waals surface area contributed by atoms with E-state index in [-0.39, 0.29) is 5.91 Å². The van der Waals surface area contributed by atoms with Gasteiger partial charge < -0.3 is 5.73 Å². The molecule has 0 unspecified atom stereocenters. The summed E-state index contributed by atoms with van der Waals surface area (Å²) in [5.41, 5.74) is 5.69. The van der Waals surface area contributed by atoms with Gasteiger partial charge in [0, 0.05) is 11.1 Å². The highest BCUT2D eigenvalue weighted by Crippen LogP contribution is 2.04. The Morgan fingerprint density at radius 2 is 1.92 bits per heavy atom. The molecule has 0 saturated heterocycles. The van der Waals surface area contributed by atoms with E-state index in [0.717, 1.165) is 0 Å². The van der Waals surface area contributed by atoms with Gasteiger partial charge in [0.05, 0.1) is 0 Å². The fourth-order valence-corrected chi connectivity index (χ4v) is 1.01. The van der Waals surface area contributed by atoms with Gasteiger partial charge in [-0.15, -0.1) is 0 Å². The van der Waals surface area contributed by atoms with Gasteiger partial charge in [-0.25, -0.2) is 0 Å². The van der Waals surface area contributed by atoms with E-state index in [1.807, 2.05) is 0 Å². The van der Waals surface area contributed by atoms with Crippen molar-refractivity contribution in [1.29, 1.82) is 0 Å². The van der Waals surface area contributed by atoms with Crippen LogP contribution >= 0.6 is 12.8 Å². The molecule has 0 aromatic heterocycles. The number of thiol groups is 1. The van der Waals surface area contributed by atoms with Gasteiger partial charge in [-0.05, 0) is 18.2 Å². The van der Waals surface area contributed by atoms with Crippen molar-refractivity contribution in [3.63, 3.8) is 0 Å². The molecule has 68 valence electrons. The number of nitrogens with one attached hydrogen (secondary N) is 1. The molecule has 0 spiro atoms. The molecular weight excluding hydrogens is 188 g/mol. The van der Waals surface area contributed by atoms with Gasteiger partial charge in [0.25, 0.3) is 5.91 Å². The van der Waals surface area contributed by atoms with Crippen LogP contribution in [0.4, 0.5) is 0 Å². The average Bonchev–Trinajstić information content (AvgIpc) is 2.17. The van der Waals surface area contributed by atoms with E-state index in [2.05, 4.69) is 17.5 Å². The zero-order valence-corrected chi connectivity index (χ0v) is 7.54. The lowest BCUT2D eigenvalue weighted by atomic mass is 10.1. The summed E-state index contributed by atoms with van der Waals surface area (Å²) in [5, 5.41) is 0. The van der Waals surface area contributed by atoms with Crippen LogP contribution in [0.3, 0.4) is 0 Å². The van der Waals surface area contributed by atoms with E-state index in [4.69, 9.17) is 5.73 Å². The third kappa shape index (κ3) is 2.22. The third-order valence-electron chi connectivity index (χ3n) is 1.51. The summed E-state index contributed by atoms with van der Waals surface area (Å²) < 4.78 is 2.15. The van der Waals surface area contributed by atoms with Crippen LogP contribution in [0.2, 0.25) is 0 Å². The van der Waals surface area contributed by atoms with E-state index in [1.54, 1.807) is 12.1 Å². The fraction of sp³-hybridized carbons (Fsp3) is 0. The van der Waals surface area contributed by atoms with Crippen LogP contribution in [0.5, 0.6) is 0 Å². The first-order valence-corrected chi connectivity index (χ1v) is 3.94. The maximum absolute atomic E-state index is 11.0. The van der Waals surface area contributed by atoms with Crippen LogP contribution in [0.25, 0.3) is 0 Å². The number of amides is 2. The largest absolute Gasteiger partial charge is 0.366 e. The zero-order chi connectivity index (χ0) is 9.84. The van der Waals surface area contributed by atoms with Crippen molar-refractivity contribution in [2.24, 2.45) is 5.73 Å². The minimum atomic E-state index is -0.561. The highest BCUT2D eigenvalue weighted by molar-refractivity contribution is 7.78. The van der Waals surface area contributed by atoms with Crippen molar-refractivity contribution < 1.29 is 9.59 Å². The van der Waals surface area contributed by atoms with Crippen LogP contribution in [-0.4, -0.2) is 11.8 Å². The van der Waals surface area contributed by atoms with Crippen LogP contribution in [0.15, 0.2) is 24.3 Å². The molecule has 0 saturated carbocycles. The Bertz CT molecular complexity index is 352. The number of carbonyl (C=O) groups excluding carboxylic acids is 2. The Balaban J connectivity index is 3.05. The first-order chi connectivity index (χ1) is 6.15. The molecule has 0 atom stereocenters. The van der Waals surface area contributed by atoms with Crippen molar-refractivity contribution in [1.82, 2.24) is 4.72 Å². The molecule has 3 N–H and O–H groups in total. The predicted octanol–water partition coefficient (Wildman–Crippen LogP) is 0.360. The molecule has 1 aromatic carbocycles. The van der Waals surface area contributed by atoms with E-state index in [1.165, 1.54) is 12.1 Å². The first-order valence-electron chi connectivity index (χ1n) is 3.49. The molecule has 0 aliphatic rings. The second kappa shape index (κ2) is 3.95. The predicted molar refractivity (Wildman–Crippen MR) is 51.4 cm³/mol. The lowest BCUT2D eigenvalue weighted by Crippen LogP contribution is -2.15. The van der Waals surface area contributed by atoms with E-state index in [0.29, 0.717) is 11.1 Å². The summed E-state index contributed by atoms with van der Waals surface area (Å²) >= 11 is 3.60. The lowest BCUT2D eigenvalue weighted by molar-refractivity contribution is 0.0985. The number of carbonyl (C=O) groups is 2. The second-order valence-electron chi connectivity index (χ2n) is 2.39. The van der Waals surface area contributed by atoms with Gasteiger partial charge in [-0.2, -0.15) is 0 Å². The number of nitrogens with two attached hydrogens (primary N) is 1. The Morgan fingerprint density at radius 1 is 1.31 bits per heavy atom. The molecule has 0 bridgehead atoms. The summed E-state index contributed by atoms with van der Waals surface area (Å²) in [6.45, 7) is 0. The monoisotopic (exact) mass is 196 g/mol. The highest BCUT2D eigenvalue weighted by Gasteiger charge is 2.06. The van der Waals surface area contributed by atoms with Crippen molar-refractivity contribution in [2.75, 3.05) is 0 Å². The van der Waals surface area contributed by atoms with Gasteiger partial charge in [-0.3, -0.25) is 14.3 Å². The zero-order valence-electron chi connectivity index (χ0n) is 6.65. The SMILES string of the molecule is NC(=O)c1cccc(C(=O)NS)c1. The third-order valence-corrected chi connectivity index (χ3v) is 1.71. The van der Waals surface area contributed by atoms with Crippen LogP contribution < -0.4 is 10.5 Å². The Morgan fingerprint density at radius 3 is 2.46 bits per heavy atom. The van der Waals surface area contributed by atoms with Gasteiger partial charge in [0.15, 0.2) is 0 Å². The Labute approximate surface area is 80.7 Å². The summed E-state index contributed by atoms with van der Waals surface area (Å²) in [4.78, 5) is 21.8. The van der Waals surface area contributed by atoms with Crippen molar-refractivity contribution in [2.45, 2.75) is 0 Å². The number of hydrogen-bond donors (Lipinski definition) is 3. The van der Waals surface area contributed by atoms with Gasteiger partial charge in [0.1, 0.15) is 0 Å². The maximum Gasteiger partial charge on any atom is 0.260 e. The van der Waals surface area contributed by atoms with E-state index < -0.39 is 5.91 Å². The first kappa shape index (κ1) is 9.60. The van der Waals surface area contributed by atoms with Gasteiger partial charge in [0.2, 0.25) is 5.91 Å². The fourth-order valence-electron chi connectivity index (χ4n) is 0.878. The number of rotatable bonds is 2. The Hall–Kier alpha value is -1.49. The quantitative estimate of drug-likeness (QED) is 0.597. The number of benzene rings is 1. The van der Waals surface area contributed by atoms with Crippen LogP contribution in [-0.2, 0) is 0 Å². The molecule has 1 aromatic rings. The van der Waals surface area contributed by atoms with Gasteiger partial charge in [-0.1, -0.05) is 18.9 Å². The van der Waals surface area contributed by atoms with Crippen molar-refractivity contribution >= 4 is 24.6 Å². The van der Waals surface area contributed by atoms with Crippen LogP contribution in [0, 0.1) is 0 Å². The molecule has 5 heteroatoms. The topological polar surface area (TPSA) is 72.2 Å². The number of hydrogen-bond acceptors (Lipinski definition) is 3. The van der Waals surface area contributed by atoms with Crippen molar-refractivity contribution in [3.8, 4) is 0 Å². The summed E-state index contributed by atoms with van der Waals surface area (Å²) in [7, 11) is 0. The molecule has 0 fully saturated rings. The molecule has 2 amide bonds.